The van der Waals surface area contributed by atoms with Gasteiger partial charge in [-0.25, -0.2) is 4.98 Å². The normalized spacial score (nSPS) is 17.4. The Morgan fingerprint density at radius 3 is 2.85 bits per heavy atom. The summed E-state index contributed by atoms with van der Waals surface area (Å²) in [6.07, 6.45) is 1.94. The maximum Gasteiger partial charge on any atom is 0.290 e. The van der Waals surface area contributed by atoms with Gasteiger partial charge < -0.3 is 9.32 Å². The van der Waals surface area contributed by atoms with Crippen LogP contribution in [-0.4, -0.2) is 22.3 Å². The topological polar surface area (TPSA) is 46.3 Å². The van der Waals surface area contributed by atoms with E-state index in [0.29, 0.717) is 5.76 Å². The van der Waals surface area contributed by atoms with Gasteiger partial charge in [-0.3, -0.25) is 4.79 Å². The van der Waals surface area contributed by atoms with Crippen molar-refractivity contribution in [1.29, 1.82) is 0 Å². The molecule has 5 rings (SSSR count). The minimum Gasteiger partial charge on any atom is -0.451 e. The number of furan rings is 1. The number of likely N-dealkylation sites (tertiary alicyclic amines) is 1. The standard InChI is InChI=1S/C21H18N2O2S/c1-13-14-7-2-4-10-17(14)25-19(13)21(24)23-12-6-9-16(23)20-22-15-8-3-5-11-18(15)26-20/h2-5,7-8,10-11,16H,6,9,12H2,1H3. The highest BCUT2D eigenvalue weighted by Crippen LogP contribution is 2.38. The lowest BCUT2D eigenvalue weighted by Gasteiger charge is -2.22. The maximum atomic E-state index is 13.2. The molecule has 4 nitrogen and oxygen atoms in total. The van der Waals surface area contributed by atoms with Crippen LogP contribution >= 0.6 is 11.3 Å². The largest absolute Gasteiger partial charge is 0.451 e. The molecule has 0 N–H and O–H groups in total. The smallest absolute Gasteiger partial charge is 0.290 e. The fourth-order valence-electron chi connectivity index (χ4n) is 3.81. The Bertz CT molecular complexity index is 1090. The molecule has 1 atom stereocenters. The van der Waals surface area contributed by atoms with Gasteiger partial charge in [-0.15, -0.1) is 11.3 Å². The molecule has 1 amide bonds. The third kappa shape index (κ3) is 2.35. The van der Waals surface area contributed by atoms with Crippen molar-refractivity contribution in [3.05, 3.63) is 64.9 Å². The number of aryl methyl sites for hydroxylation is 1. The number of hydrogen-bond acceptors (Lipinski definition) is 4. The van der Waals surface area contributed by atoms with Gasteiger partial charge in [0, 0.05) is 17.5 Å². The second-order valence-electron chi connectivity index (χ2n) is 6.73. The van der Waals surface area contributed by atoms with Crippen LogP contribution in [0.25, 0.3) is 21.2 Å². The minimum absolute atomic E-state index is 0.0274. The van der Waals surface area contributed by atoms with Crippen LogP contribution in [0.15, 0.2) is 52.9 Å². The average molecular weight is 362 g/mol. The van der Waals surface area contributed by atoms with Crippen LogP contribution in [0.2, 0.25) is 0 Å². The molecular weight excluding hydrogens is 344 g/mol. The van der Waals surface area contributed by atoms with Crippen LogP contribution in [0.5, 0.6) is 0 Å². The summed E-state index contributed by atoms with van der Waals surface area (Å²) in [7, 11) is 0. The average Bonchev–Trinajstić information content (AvgIpc) is 3.38. The number of nitrogens with zero attached hydrogens (tertiary/aromatic N) is 2. The first kappa shape index (κ1) is 15.6. The lowest BCUT2D eigenvalue weighted by Crippen LogP contribution is -2.30. The molecule has 1 aliphatic heterocycles. The number of rotatable bonds is 2. The molecule has 0 bridgehead atoms. The molecule has 0 aliphatic carbocycles. The van der Waals surface area contributed by atoms with Crippen molar-refractivity contribution < 1.29 is 9.21 Å². The molecule has 5 heteroatoms. The Balaban J connectivity index is 1.53. The van der Waals surface area contributed by atoms with Crippen molar-refractivity contribution in [2.75, 3.05) is 6.54 Å². The van der Waals surface area contributed by atoms with Crippen LogP contribution in [-0.2, 0) is 0 Å². The second kappa shape index (κ2) is 5.95. The Hall–Kier alpha value is -2.66. The van der Waals surface area contributed by atoms with E-state index in [4.69, 9.17) is 9.40 Å². The van der Waals surface area contributed by atoms with E-state index in [0.717, 1.165) is 46.4 Å². The highest BCUT2D eigenvalue weighted by atomic mass is 32.1. The first-order chi connectivity index (χ1) is 12.7. The fourth-order valence-corrected chi connectivity index (χ4v) is 4.92. The summed E-state index contributed by atoms with van der Waals surface area (Å²) in [5, 5.41) is 2.03. The van der Waals surface area contributed by atoms with Gasteiger partial charge in [0.2, 0.25) is 0 Å². The summed E-state index contributed by atoms with van der Waals surface area (Å²) in [4.78, 5) is 20.0. The van der Waals surface area contributed by atoms with Gasteiger partial charge in [-0.2, -0.15) is 0 Å². The zero-order valence-corrected chi connectivity index (χ0v) is 15.3. The highest BCUT2D eigenvalue weighted by molar-refractivity contribution is 7.18. The summed E-state index contributed by atoms with van der Waals surface area (Å²) < 4.78 is 7.08. The first-order valence-electron chi connectivity index (χ1n) is 8.87. The summed E-state index contributed by atoms with van der Waals surface area (Å²) in [5.74, 6) is 0.430. The van der Waals surface area contributed by atoms with Gasteiger partial charge in [-0.1, -0.05) is 30.3 Å². The van der Waals surface area contributed by atoms with Crippen molar-refractivity contribution in [3.63, 3.8) is 0 Å². The number of carbonyl (C=O) groups is 1. The number of para-hydroxylation sites is 2. The molecule has 26 heavy (non-hydrogen) atoms. The lowest BCUT2D eigenvalue weighted by atomic mass is 10.1. The molecule has 130 valence electrons. The third-order valence-electron chi connectivity index (χ3n) is 5.15. The van der Waals surface area contributed by atoms with E-state index >= 15 is 0 Å². The molecule has 0 radical (unpaired) electrons. The Morgan fingerprint density at radius 1 is 1.19 bits per heavy atom. The van der Waals surface area contributed by atoms with Gasteiger partial charge in [0.05, 0.1) is 16.3 Å². The molecule has 0 saturated carbocycles. The third-order valence-corrected chi connectivity index (χ3v) is 6.28. The number of hydrogen-bond donors (Lipinski definition) is 0. The van der Waals surface area contributed by atoms with Crippen molar-refractivity contribution in [3.8, 4) is 0 Å². The minimum atomic E-state index is -0.0274. The highest BCUT2D eigenvalue weighted by Gasteiger charge is 2.35. The van der Waals surface area contributed by atoms with E-state index in [-0.39, 0.29) is 11.9 Å². The molecular formula is C21H18N2O2S. The molecule has 3 heterocycles. The van der Waals surface area contributed by atoms with Crippen LogP contribution < -0.4 is 0 Å². The first-order valence-corrected chi connectivity index (χ1v) is 9.68. The van der Waals surface area contributed by atoms with E-state index in [1.54, 1.807) is 11.3 Å². The quantitative estimate of drug-likeness (QED) is 0.484. The molecule has 2 aromatic carbocycles. The SMILES string of the molecule is Cc1c(C(=O)N2CCCC2c2nc3ccccc3s2)oc2ccccc12. The molecule has 1 unspecified atom stereocenters. The van der Waals surface area contributed by atoms with E-state index in [2.05, 4.69) is 6.07 Å². The van der Waals surface area contributed by atoms with E-state index in [1.165, 1.54) is 4.70 Å². The molecule has 0 spiro atoms. The fraction of sp³-hybridized carbons (Fsp3) is 0.238. The lowest BCUT2D eigenvalue weighted by molar-refractivity contribution is 0.0704. The zero-order valence-electron chi connectivity index (χ0n) is 14.4. The van der Waals surface area contributed by atoms with Gasteiger partial charge in [0.1, 0.15) is 10.6 Å². The number of aromatic nitrogens is 1. The van der Waals surface area contributed by atoms with E-state index in [1.807, 2.05) is 54.3 Å². The Kier molecular flexibility index (Phi) is 3.57. The van der Waals surface area contributed by atoms with Crippen LogP contribution in [0.4, 0.5) is 0 Å². The number of benzene rings is 2. The number of fused-ring (bicyclic) bond motifs is 2. The number of amides is 1. The van der Waals surface area contributed by atoms with Crippen LogP contribution in [0.3, 0.4) is 0 Å². The monoisotopic (exact) mass is 362 g/mol. The van der Waals surface area contributed by atoms with Gasteiger partial charge in [-0.05, 0) is 38.0 Å². The maximum absolute atomic E-state index is 13.2. The Morgan fingerprint density at radius 2 is 2.00 bits per heavy atom. The molecule has 1 saturated heterocycles. The van der Waals surface area contributed by atoms with E-state index in [9.17, 15) is 4.79 Å². The number of carbonyl (C=O) groups excluding carboxylic acids is 1. The van der Waals surface area contributed by atoms with Gasteiger partial charge >= 0.3 is 0 Å². The summed E-state index contributed by atoms with van der Waals surface area (Å²) in [6, 6.07) is 16.0. The van der Waals surface area contributed by atoms with E-state index < -0.39 is 0 Å². The van der Waals surface area contributed by atoms with Crippen LogP contribution in [0.1, 0.15) is 40.0 Å². The van der Waals surface area contributed by atoms with Gasteiger partial charge in [0.25, 0.3) is 5.91 Å². The second-order valence-corrected chi connectivity index (χ2v) is 7.79. The van der Waals surface area contributed by atoms with Crippen molar-refractivity contribution in [1.82, 2.24) is 9.88 Å². The predicted octanol–water partition coefficient (Wildman–Crippen LogP) is 5.33. The van der Waals surface area contributed by atoms with Crippen molar-refractivity contribution in [2.24, 2.45) is 0 Å². The molecule has 2 aromatic heterocycles. The predicted molar refractivity (Wildman–Crippen MR) is 104 cm³/mol. The van der Waals surface area contributed by atoms with Gasteiger partial charge in [0.15, 0.2) is 5.76 Å². The van der Waals surface area contributed by atoms with Crippen LogP contribution in [0, 0.1) is 6.92 Å². The number of thiazole rings is 1. The van der Waals surface area contributed by atoms with Crippen molar-refractivity contribution in [2.45, 2.75) is 25.8 Å². The molecule has 4 aromatic rings. The molecule has 1 aliphatic rings. The zero-order chi connectivity index (χ0) is 17.7. The summed E-state index contributed by atoms with van der Waals surface area (Å²) in [5.41, 5.74) is 2.69. The summed E-state index contributed by atoms with van der Waals surface area (Å²) in [6.45, 7) is 2.71. The molecule has 1 fully saturated rings. The Labute approximate surface area is 155 Å². The van der Waals surface area contributed by atoms with Crippen molar-refractivity contribution >= 4 is 38.4 Å². The summed E-state index contributed by atoms with van der Waals surface area (Å²) >= 11 is 1.68.